The summed E-state index contributed by atoms with van der Waals surface area (Å²) in [5, 5.41) is 11.8. The van der Waals surface area contributed by atoms with Crippen molar-refractivity contribution in [3.8, 4) is 11.5 Å². The van der Waals surface area contributed by atoms with Crippen LogP contribution in [0.5, 0.6) is 11.5 Å². The van der Waals surface area contributed by atoms with E-state index in [-0.39, 0.29) is 17.7 Å². The van der Waals surface area contributed by atoms with Gasteiger partial charge in [0.05, 0.1) is 5.92 Å². The van der Waals surface area contributed by atoms with Crippen molar-refractivity contribution in [1.29, 1.82) is 0 Å². The van der Waals surface area contributed by atoms with E-state index in [0.717, 1.165) is 12.1 Å². The molecule has 0 unspecified atom stereocenters. The monoisotopic (exact) mass is 361 g/mol. The molecule has 0 spiro atoms. The first-order valence-corrected chi connectivity index (χ1v) is 8.19. The third kappa shape index (κ3) is 4.17. The number of hydrogen-bond donors (Lipinski definition) is 2. The van der Waals surface area contributed by atoms with E-state index in [1.54, 1.807) is 0 Å². The molecular formula is C19H17F2NO4. The van der Waals surface area contributed by atoms with E-state index in [1.807, 2.05) is 0 Å². The molecule has 2 N–H and O–H groups in total. The topological polar surface area (TPSA) is 75.6 Å². The number of carbonyl (C=O) groups is 2. The predicted molar refractivity (Wildman–Crippen MR) is 89.1 cm³/mol. The first kappa shape index (κ1) is 17.8. The molecule has 136 valence electrons. The summed E-state index contributed by atoms with van der Waals surface area (Å²) in [6, 6.07) is 8.90. The zero-order chi connectivity index (χ0) is 18.7. The lowest BCUT2D eigenvalue weighted by Gasteiger charge is -2.13. The maximum atomic E-state index is 13.6. The number of hydrogen-bond acceptors (Lipinski definition) is 3. The van der Waals surface area contributed by atoms with Crippen molar-refractivity contribution in [2.75, 3.05) is 0 Å². The number of aliphatic carboxylic acids is 1. The highest BCUT2D eigenvalue weighted by Gasteiger charge is 2.30. The molecule has 2 atom stereocenters. The van der Waals surface area contributed by atoms with E-state index in [1.165, 1.54) is 30.3 Å². The Morgan fingerprint density at radius 1 is 1.08 bits per heavy atom. The Morgan fingerprint density at radius 3 is 2.42 bits per heavy atom. The minimum absolute atomic E-state index is 0.116. The summed E-state index contributed by atoms with van der Waals surface area (Å²) in [6.45, 7) is 0. The number of nitrogens with one attached hydrogen (secondary N) is 1. The average Bonchev–Trinajstić information content (AvgIpc) is 3.07. The van der Waals surface area contributed by atoms with E-state index in [9.17, 15) is 18.4 Å². The van der Waals surface area contributed by atoms with E-state index in [2.05, 4.69) is 5.32 Å². The van der Waals surface area contributed by atoms with Crippen LogP contribution in [0.15, 0.2) is 42.5 Å². The summed E-state index contributed by atoms with van der Waals surface area (Å²) in [5.41, 5.74) is 0.385. The number of carboxylic acids is 1. The molecule has 0 saturated heterocycles. The van der Waals surface area contributed by atoms with E-state index >= 15 is 0 Å². The number of carbonyl (C=O) groups excluding carboxylic acids is 1. The fraction of sp³-hybridized carbons (Fsp3) is 0.263. The maximum absolute atomic E-state index is 13.6. The fourth-order valence-electron chi connectivity index (χ4n) is 2.96. The molecule has 1 fully saturated rings. The number of amides is 1. The van der Waals surface area contributed by atoms with Gasteiger partial charge in [0.25, 0.3) is 5.91 Å². The molecule has 3 rings (SSSR count). The lowest BCUT2D eigenvalue weighted by Crippen LogP contribution is -2.33. The quantitative estimate of drug-likeness (QED) is 0.851. The summed E-state index contributed by atoms with van der Waals surface area (Å²) >= 11 is 0. The van der Waals surface area contributed by atoms with Gasteiger partial charge < -0.3 is 15.2 Å². The Morgan fingerprint density at radius 2 is 1.81 bits per heavy atom. The molecule has 26 heavy (non-hydrogen) atoms. The van der Waals surface area contributed by atoms with Crippen LogP contribution in [0.2, 0.25) is 0 Å². The number of rotatable bonds is 5. The highest BCUT2D eigenvalue weighted by Crippen LogP contribution is 2.27. The largest absolute Gasteiger partial charge is 0.481 e. The minimum Gasteiger partial charge on any atom is -0.481 e. The predicted octanol–water partition coefficient (Wildman–Crippen LogP) is 3.74. The van der Waals surface area contributed by atoms with Gasteiger partial charge in [-0.25, -0.2) is 8.78 Å². The first-order valence-electron chi connectivity index (χ1n) is 8.19. The van der Waals surface area contributed by atoms with Crippen molar-refractivity contribution >= 4 is 11.9 Å². The summed E-state index contributed by atoms with van der Waals surface area (Å²) in [7, 11) is 0. The van der Waals surface area contributed by atoms with Crippen LogP contribution >= 0.6 is 0 Å². The molecule has 1 aliphatic rings. The Bertz CT molecular complexity index is 823. The van der Waals surface area contributed by atoms with E-state index in [0.29, 0.717) is 30.6 Å². The highest BCUT2D eigenvalue weighted by atomic mass is 19.1. The molecule has 7 heteroatoms. The Balaban J connectivity index is 1.60. The van der Waals surface area contributed by atoms with Crippen LogP contribution in [-0.4, -0.2) is 23.0 Å². The third-order valence-electron chi connectivity index (χ3n) is 4.36. The fourth-order valence-corrected chi connectivity index (χ4v) is 2.96. The van der Waals surface area contributed by atoms with Crippen molar-refractivity contribution in [2.45, 2.75) is 25.3 Å². The lowest BCUT2D eigenvalue weighted by molar-refractivity contribution is -0.141. The van der Waals surface area contributed by atoms with Gasteiger partial charge in [0.1, 0.15) is 11.6 Å². The average molecular weight is 361 g/mol. The Kier molecular flexibility index (Phi) is 5.16. The Hall–Kier alpha value is -2.96. The lowest BCUT2D eigenvalue weighted by atomic mass is 10.1. The van der Waals surface area contributed by atoms with Crippen LogP contribution in [0.4, 0.5) is 8.78 Å². The van der Waals surface area contributed by atoms with Crippen LogP contribution in [0.3, 0.4) is 0 Å². The zero-order valence-electron chi connectivity index (χ0n) is 13.7. The number of halogens is 2. The van der Waals surface area contributed by atoms with Crippen molar-refractivity contribution < 1.29 is 28.2 Å². The molecule has 0 radical (unpaired) electrons. The summed E-state index contributed by atoms with van der Waals surface area (Å²) in [6.07, 6.45) is 1.61. The van der Waals surface area contributed by atoms with Gasteiger partial charge in [-0.2, -0.15) is 0 Å². The van der Waals surface area contributed by atoms with Gasteiger partial charge in [-0.05, 0) is 55.7 Å². The number of ether oxygens (including phenoxy) is 1. The standard InChI is InChI=1S/C19H17F2NO4/c20-13-4-8-17(16(21)10-13)26-15-6-2-11(3-7-15)18(23)22-14-5-1-12(9-14)19(24)25/h2-4,6-8,10,12,14H,1,5,9H2,(H,22,23)(H,24,25)/t12-,14+/m0/s1. The van der Waals surface area contributed by atoms with Gasteiger partial charge in [-0.15, -0.1) is 0 Å². The van der Waals surface area contributed by atoms with Gasteiger partial charge >= 0.3 is 5.97 Å². The van der Waals surface area contributed by atoms with Crippen LogP contribution in [0, 0.1) is 17.6 Å². The van der Waals surface area contributed by atoms with Crippen molar-refractivity contribution in [1.82, 2.24) is 5.32 Å². The third-order valence-corrected chi connectivity index (χ3v) is 4.36. The molecule has 1 amide bonds. The molecule has 0 aliphatic heterocycles. The molecule has 2 aromatic carbocycles. The van der Waals surface area contributed by atoms with E-state index < -0.39 is 23.5 Å². The summed E-state index contributed by atoms with van der Waals surface area (Å²) in [4.78, 5) is 23.2. The van der Waals surface area contributed by atoms with E-state index in [4.69, 9.17) is 9.84 Å². The number of carboxylic acid groups (broad SMARTS) is 1. The van der Waals surface area contributed by atoms with Crippen LogP contribution in [0.25, 0.3) is 0 Å². The zero-order valence-corrected chi connectivity index (χ0v) is 13.7. The second-order valence-corrected chi connectivity index (χ2v) is 6.22. The van der Waals surface area contributed by atoms with Crippen LogP contribution in [-0.2, 0) is 4.79 Å². The van der Waals surface area contributed by atoms with Gasteiger partial charge in [0, 0.05) is 17.7 Å². The van der Waals surface area contributed by atoms with Gasteiger partial charge in [0.2, 0.25) is 0 Å². The minimum atomic E-state index is -0.837. The molecule has 2 aromatic rings. The molecule has 0 bridgehead atoms. The molecule has 1 aliphatic carbocycles. The van der Waals surface area contributed by atoms with Crippen LogP contribution < -0.4 is 10.1 Å². The summed E-state index contributed by atoms with van der Waals surface area (Å²) in [5.74, 6) is -2.88. The molecule has 0 aromatic heterocycles. The second-order valence-electron chi connectivity index (χ2n) is 6.22. The smallest absolute Gasteiger partial charge is 0.306 e. The van der Waals surface area contributed by atoms with Gasteiger partial charge in [0.15, 0.2) is 11.6 Å². The highest BCUT2D eigenvalue weighted by molar-refractivity contribution is 5.94. The molecular weight excluding hydrogens is 344 g/mol. The SMILES string of the molecule is O=C(N[C@@H]1CC[C@H](C(=O)O)C1)c1ccc(Oc2ccc(F)cc2F)cc1. The Labute approximate surface area is 148 Å². The van der Waals surface area contributed by atoms with Crippen molar-refractivity contribution in [3.63, 3.8) is 0 Å². The molecule has 1 saturated carbocycles. The van der Waals surface area contributed by atoms with Crippen molar-refractivity contribution in [3.05, 3.63) is 59.7 Å². The normalized spacial score (nSPS) is 19.2. The molecule has 5 nitrogen and oxygen atoms in total. The van der Waals surface area contributed by atoms with Crippen molar-refractivity contribution in [2.24, 2.45) is 5.92 Å². The van der Waals surface area contributed by atoms with Gasteiger partial charge in [-0.1, -0.05) is 0 Å². The molecule has 0 heterocycles. The maximum Gasteiger partial charge on any atom is 0.306 e. The first-order chi connectivity index (χ1) is 12.4. The van der Waals surface area contributed by atoms with Crippen LogP contribution in [0.1, 0.15) is 29.6 Å². The summed E-state index contributed by atoms with van der Waals surface area (Å²) < 4.78 is 31.8. The van der Waals surface area contributed by atoms with Gasteiger partial charge in [-0.3, -0.25) is 9.59 Å². The number of benzene rings is 2. The second kappa shape index (κ2) is 7.51.